The molecule has 2 aromatic carbocycles. The summed E-state index contributed by atoms with van der Waals surface area (Å²) in [6.45, 7) is 6.78. The Morgan fingerprint density at radius 3 is 2.23 bits per heavy atom. The number of hydrogen-bond donors (Lipinski definition) is 3. The van der Waals surface area contributed by atoms with E-state index < -0.39 is 45.3 Å². The van der Waals surface area contributed by atoms with Crippen LogP contribution in [0, 0.1) is 18.6 Å². The first-order valence-corrected chi connectivity index (χ1v) is 14.7. The summed E-state index contributed by atoms with van der Waals surface area (Å²) < 4.78 is 53.2. The molecule has 216 valence electrons. The number of aryl methyl sites for hydroxylation is 1. The summed E-state index contributed by atoms with van der Waals surface area (Å²) in [5.41, 5.74) is 1.19. The first kappa shape index (κ1) is 30.9. The number of aliphatic hydroxyl groups excluding tert-OH is 1. The molecule has 1 heterocycles. The van der Waals surface area contributed by atoms with Crippen molar-refractivity contribution >= 4 is 21.7 Å². The number of aromatic amines is 1. The Balaban J connectivity index is 1.91. The Labute approximate surface area is 232 Å². The van der Waals surface area contributed by atoms with Gasteiger partial charge in [-0.1, -0.05) is 13.8 Å². The van der Waals surface area contributed by atoms with Crippen LogP contribution >= 0.6 is 0 Å². The number of imidazole rings is 1. The van der Waals surface area contributed by atoms with Crippen molar-refractivity contribution in [3.63, 3.8) is 0 Å². The van der Waals surface area contributed by atoms with E-state index in [2.05, 4.69) is 15.3 Å². The van der Waals surface area contributed by atoms with Gasteiger partial charge in [-0.15, -0.1) is 0 Å². The molecule has 0 saturated carbocycles. The molecule has 0 radical (unpaired) electrons. The highest BCUT2D eigenvalue weighted by Gasteiger charge is 2.30. The van der Waals surface area contributed by atoms with E-state index in [1.807, 2.05) is 13.8 Å². The predicted octanol–water partition coefficient (Wildman–Crippen LogP) is 3.43. The lowest BCUT2D eigenvalue weighted by Crippen LogP contribution is -2.47. The average Bonchev–Trinajstić information content (AvgIpc) is 3.43. The first-order chi connectivity index (χ1) is 18.9. The molecule has 0 bridgehead atoms. The van der Waals surface area contributed by atoms with Gasteiger partial charge in [0, 0.05) is 42.7 Å². The maximum atomic E-state index is 13.9. The minimum absolute atomic E-state index is 0.104. The summed E-state index contributed by atoms with van der Waals surface area (Å²) in [4.78, 5) is 34.4. The second kappa shape index (κ2) is 13.6. The van der Waals surface area contributed by atoms with E-state index in [-0.39, 0.29) is 28.6 Å². The van der Waals surface area contributed by atoms with Gasteiger partial charge in [-0.05, 0) is 67.6 Å². The second-order valence-electron chi connectivity index (χ2n) is 9.68. The maximum Gasteiger partial charge on any atom is 0.253 e. The minimum Gasteiger partial charge on any atom is -0.390 e. The van der Waals surface area contributed by atoms with Crippen molar-refractivity contribution in [3.05, 3.63) is 82.7 Å². The van der Waals surface area contributed by atoms with Crippen LogP contribution in [0.1, 0.15) is 58.5 Å². The van der Waals surface area contributed by atoms with Crippen LogP contribution in [0.3, 0.4) is 0 Å². The highest BCUT2D eigenvalue weighted by Crippen LogP contribution is 2.17. The van der Waals surface area contributed by atoms with Crippen LogP contribution in [0.15, 0.2) is 53.9 Å². The summed E-state index contributed by atoms with van der Waals surface area (Å²) in [7, 11) is -4.08. The van der Waals surface area contributed by atoms with Crippen LogP contribution in [0.5, 0.6) is 0 Å². The Hall–Kier alpha value is -3.64. The highest BCUT2D eigenvalue weighted by atomic mass is 32.2. The summed E-state index contributed by atoms with van der Waals surface area (Å²) >= 11 is 0. The number of nitrogens with one attached hydrogen (secondary N) is 2. The first-order valence-electron chi connectivity index (χ1n) is 13.0. The number of halogens is 2. The number of carbonyl (C=O) groups is 2. The Morgan fingerprint density at radius 2 is 1.65 bits per heavy atom. The molecule has 2 amide bonds. The molecule has 0 saturated heterocycles. The molecular weight excluding hydrogens is 542 g/mol. The predicted molar refractivity (Wildman–Crippen MR) is 146 cm³/mol. The number of benzene rings is 2. The van der Waals surface area contributed by atoms with Crippen LogP contribution in [0.4, 0.5) is 8.78 Å². The summed E-state index contributed by atoms with van der Waals surface area (Å²) in [6.07, 6.45) is 2.16. The third-order valence-corrected chi connectivity index (χ3v) is 7.77. The molecule has 0 fully saturated rings. The SMILES string of the molecule is CCCN(CCC)C(=O)c1cc(C)cc(C(=O)N[C@@H](Cc2cc(F)cc(F)c2)[C@@H](O)CS(=O)(=O)c2ncc[nH]2)c1. The molecule has 12 heteroatoms. The third-order valence-electron chi connectivity index (χ3n) is 6.18. The zero-order valence-corrected chi connectivity index (χ0v) is 23.5. The quantitative estimate of drug-likeness (QED) is 0.286. The van der Waals surface area contributed by atoms with Gasteiger partial charge in [0.1, 0.15) is 11.6 Å². The number of H-pyrrole nitrogens is 1. The number of carbonyl (C=O) groups excluding carboxylic acids is 2. The van der Waals surface area contributed by atoms with Gasteiger partial charge in [-0.2, -0.15) is 0 Å². The van der Waals surface area contributed by atoms with Gasteiger partial charge < -0.3 is 20.3 Å². The van der Waals surface area contributed by atoms with E-state index in [1.165, 1.54) is 18.5 Å². The molecule has 2 atom stereocenters. The number of hydrogen-bond acceptors (Lipinski definition) is 6. The fourth-order valence-corrected chi connectivity index (χ4v) is 5.74. The van der Waals surface area contributed by atoms with Gasteiger partial charge in [-0.25, -0.2) is 22.2 Å². The van der Waals surface area contributed by atoms with Crippen LogP contribution in [-0.2, 0) is 16.3 Å². The van der Waals surface area contributed by atoms with Crippen molar-refractivity contribution in [2.75, 3.05) is 18.8 Å². The van der Waals surface area contributed by atoms with E-state index in [0.717, 1.165) is 25.0 Å². The van der Waals surface area contributed by atoms with Crippen LogP contribution in [0.25, 0.3) is 0 Å². The van der Waals surface area contributed by atoms with Gasteiger partial charge in [0.05, 0.1) is 17.9 Å². The number of aliphatic hydroxyl groups is 1. The van der Waals surface area contributed by atoms with Crippen molar-refractivity contribution in [3.8, 4) is 0 Å². The molecule has 3 N–H and O–H groups in total. The third kappa shape index (κ3) is 8.18. The van der Waals surface area contributed by atoms with Crippen molar-refractivity contribution in [2.45, 2.75) is 57.3 Å². The lowest BCUT2D eigenvalue weighted by Gasteiger charge is -2.25. The van der Waals surface area contributed by atoms with Crippen molar-refractivity contribution in [2.24, 2.45) is 0 Å². The second-order valence-corrected chi connectivity index (χ2v) is 11.6. The van der Waals surface area contributed by atoms with Crippen LogP contribution in [-0.4, -0.2) is 71.2 Å². The Bertz CT molecular complexity index is 1400. The number of sulfone groups is 1. The van der Waals surface area contributed by atoms with E-state index >= 15 is 0 Å². The molecule has 0 unspecified atom stereocenters. The molecule has 0 aliphatic rings. The van der Waals surface area contributed by atoms with Crippen molar-refractivity contribution in [1.29, 1.82) is 0 Å². The fraction of sp³-hybridized carbons (Fsp3) is 0.393. The van der Waals surface area contributed by atoms with Gasteiger partial charge in [0.25, 0.3) is 11.8 Å². The highest BCUT2D eigenvalue weighted by molar-refractivity contribution is 7.91. The molecular formula is C28H34F2N4O5S. The minimum atomic E-state index is -4.08. The number of rotatable bonds is 13. The maximum absolute atomic E-state index is 13.9. The standard InChI is InChI=1S/C28H34F2N4O5S/c1-4-8-34(9-5-2)27(37)21-11-18(3)10-20(15-21)26(36)33-24(14-19-12-22(29)16-23(30)13-19)25(35)17-40(38,39)28-31-6-7-32-28/h6-7,10-13,15-16,24-25,35H,4-5,8-9,14,17H2,1-3H3,(H,31,32)(H,33,36)/t24-,25-/m0/s1. The van der Waals surface area contributed by atoms with E-state index in [4.69, 9.17) is 0 Å². The lowest BCUT2D eigenvalue weighted by molar-refractivity contribution is 0.0755. The molecule has 3 rings (SSSR count). The van der Waals surface area contributed by atoms with Crippen LogP contribution in [0.2, 0.25) is 0 Å². The monoisotopic (exact) mass is 576 g/mol. The van der Waals surface area contributed by atoms with Crippen molar-refractivity contribution < 1.29 is 31.9 Å². The topological polar surface area (TPSA) is 132 Å². The van der Waals surface area contributed by atoms with Gasteiger partial charge in [0.2, 0.25) is 15.0 Å². The molecule has 9 nitrogen and oxygen atoms in total. The molecule has 40 heavy (non-hydrogen) atoms. The summed E-state index contributed by atoms with van der Waals surface area (Å²) in [6, 6.07) is 6.17. The largest absolute Gasteiger partial charge is 0.390 e. The zero-order chi connectivity index (χ0) is 29.4. The number of amides is 2. The Kier molecular flexibility index (Phi) is 10.5. The molecule has 0 spiro atoms. The van der Waals surface area contributed by atoms with E-state index in [9.17, 15) is 31.9 Å². The Morgan fingerprint density at radius 1 is 1.02 bits per heavy atom. The van der Waals surface area contributed by atoms with Crippen molar-refractivity contribution in [1.82, 2.24) is 20.2 Å². The normalized spacial score (nSPS) is 13.1. The van der Waals surface area contributed by atoms with Gasteiger partial charge in [0.15, 0.2) is 0 Å². The average molecular weight is 577 g/mol. The number of nitrogens with zero attached hydrogens (tertiary/aromatic N) is 2. The molecule has 0 aliphatic carbocycles. The number of aromatic nitrogens is 2. The summed E-state index contributed by atoms with van der Waals surface area (Å²) in [5.74, 6) is -3.44. The lowest BCUT2D eigenvalue weighted by atomic mass is 10.00. The van der Waals surface area contributed by atoms with E-state index in [1.54, 1.807) is 24.0 Å². The fourth-order valence-electron chi connectivity index (χ4n) is 4.43. The van der Waals surface area contributed by atoms with Gasteiger partial charge in [-0.3, -0.25) is 9.59 Å². The summed E-state index contributed by atoms with van der Waals surface area (Å²) in [5, 5.41) is 13.2. The smallest absolute Gasteiger partial charge is 0.253 e. The molecule has 0 aliphatic heterocycles. The van der Waals surface area contributed by atoms with Gasteiger partial charge >= 0.3 is 0 Å². The van der Waals surface area contributed by atoms with E-state index in [0.29, 0.717) is 30.3 Å². The van der Waals surface area contributed by atoms with Crippen LogP contribution < -0.4 is 5.32 Å². The zero-order valence-electron chi connectivity index (χ0n) is 22.7. The molecule has 3 aromatic rings. The molecule has 1 aromatic heterocycles.